The number of amides is 2. The second-order valence-electron chi connectivity index (χ2n) is 6.17. The number of carbonyl (C=O) groups is 2. The Hall–Kier alpha value is -3.47. The maximum atomic E-state index is 12.7. The summed E-state index contributed by atoms with van der Waals surface area (Å²) in [7, 11) is 1.69. The molecule has 0 saturated heterocycles. The maximum absolute atomic E-state index is 12.7. The minimum atomic E-state index is -0.302. The molecule has 1 N–H and O–H groups in total. The van der Waals surface area contributed by atoms with E-state index in [1.807, 2.05) is 54.6 Å². The molecule has 1 heterocycles. The van der Waals surface area contributed by atoms with Gasteiger partial charge in [-0.15, -0.1) is 0 Å². The zero-order valence-electron chi connectivity index (χ0n) is 15.3. The lowest BCUT2D eigenvalue weighted by Crippen LogP contribution is -2.26. The monoisotopic (exact) mass is 359 g/mol. The van der Waals surface area contributed by atoms with E-state index in [2.05, 4.69) is 17.2 Å². The van der Waals surface area contributed by atoms with Crippen molar-refractivity contribution in [1.29, 1.82) is 0 Å². The van der Waals surface area contributed by atoms with Crippen LogP contribution in [0.15, 0.2) is 73.1 Å². The second kappa shape index (κ2) is 8.27. The highest BCUT2D eigenvalue weighted by atomic mass is 16.2. The number of aromatic nitrogens is 1. The maximum Gasteiger partial charge on any atom is 0.259 e. The number of anilines is 2. The standard InChI is InChI=1S/C22H21N3O2/c1-3-16-9-11-19(12-10-16)24-21(26)17-13-18(15-23-14-17)22(27)25(2)20-7-5-4-6-8-20/h4-15H,3H2,1-2H3,(H,24,26). The van der Waals surface area contributed by atoms with Gasteiger partial charge in [0.05, 0.1) is 11.1 Å². The Morgan fingerprint density at radius 2 is 1.63 bits per heavy atom. The zero-order valence-corrected chi connectivity index (χ0v) is 15.3. The highest BCUT2D eigenvalue weighted by Gasteiger charge is 2.16. The van der Waals surface area contributed by atoms with E-state index in [1.54, 1.807) is 13.1 Å². The SMILES string of the molecule is CCc1ccc(NC(=O)c2cncc(C(=O)N(C)c3ccccc3)c2)cc1. The Morgan fingerprint density at radius 1 is 0.963 bits per heavy atom. The molecule has 5 heteroatoms. The Morgan fingerprint density at radius 3 is 2.30 bits per heavy atom. The van der Waals surface area contributed by atoms with Crippen LogP contribution in [0.2, 0.25) is 0 Å². The number of benzene rings is 2. The van der Waals surface area contributed by atoms with Gasteiger partial charge in [0.25, 0.3) is 11.8 Å². The lowest BCUT2D eigenvalue weighted by molar-refractivity contribution is 0.0992. The number of pyridine rings is 1. The molecule has 0 aliphatic carbocycles. The summed E-state index contributed by atoms with van der Waals surface area (Å²) in [5.41, 5.74) is 3.37. The molecular weight excluding hydrogens is 338 g/mol. The molecule has 0 fully saturated rings. The van der Waals surface area contributed by atoms with Gasteiger partial charge in [-0.3, -0.25) is 14.6 Å². The summed E-state index contributed by atoms with van der Waals surface area (Å²) in [4.78, 5) is 30.8. The number of para-hydroxylation sites is 1. The normalized spacial score (nSPS) is 10.3. The fourth-order valence-electron chi connectivity index (χ4n) is 2.67. The van der Waals surface area contributed by atoms with E-state index in [0.29, 0.717) is 16.8 Å². The van der Waals surface area contributed by atoms with Crippen molar-refractivity contribution in [3.8, 4) is 0 Å². The van der Waals surface area contributed by atoms with E-state index in [9.17, 15) is 9.59 Å². The van der Waals surface area contributed by atoms with E-state index < -0.39 is 0 Å². The summed E-state index contributed by atoms with van der Waals surface area (Å²) in [5, 5.41) is 2.83. The zero-order chi connectivity index (χ0) is 19.2. The highest BCUT2D eigenvalue weighted by Crippen LogP contribution is 2.16. The first-order valence-corrected chi connectivity index (χ1v) is 8.77. The number of nitrogens with zero attached hydrogens (tertiary/aromatic N) is 2. The molecule has 0 saturated carbocycles. The molecule has 0 aliphatic heterocycles. The smallest absolute Gasteiger partial charge is 0.259 e. The summed E-state index contributed by atoms with van der Waals surface area (Å²) in [6.45, 7) is 2.08. The van der Waals surface area contributed by atoms with Crippen LogP contribution in [0.5, 0.6) is 0 Å². The Labute approximate surface area is 158 Å². The molecule has 0 atom stereocenters. The van der Waals surface area contributed by atoms with E-state index in [4.69, 9.17) is 0 Å². The molecular formula is C22H21N3O2. The van der Waals surface area contributed by atoms with Crippen molar-refractivity contribution >= 4 is 23.2 Å². The van der Waals surface area contributed by atoms with Crippen molar-refractivity contribution in [1.82, 2.24) is 4.98 Å². The second-order valence-corrected chi connectivity index (χ2v) is 6.17. The molecule has 0 aliphatic rings. The van der Waals surface area contributed by atoms with Gasteiger partial charge >= 0.3 is 0 Å². The number of rotatable bonds is 5. The third-order valence-corrected chi connectivity index (χ3v) is 4.32. The molecule has 2 amide bonds. The fourth-order valence-corrected chi connectivity index (χ4v) is 2.67. The predicted octanol–water partition coefficient (Wildman–Crippen LogP) is 4.17. The molecule has 3 rings (SSSR count). The van der Waals surface area contributed by atoms with Crippen LogP contribution >= 0.6 is 0 Å². The Kier molecular flexibility index (Phi) is 5.61. The first-order chi connectivity index (χ1) is 13.1. The van der Waals surface area contributed by atoms with E-state index in [0.717, 1.165) is 12.1 Å². The quantitative estimate of drug-likeness (QED) is 0.743. The minimum absolute atomic E-state index is 0.226. The third kappa shape index (κ3) is 4.39. The van der Waals surface area contributed by atoms with Gasteiger partial charge in [0.1, 0.15) is 0 Å². The van der Waals surface area contributed by atoms with Gasteiger partial charge in [0.15, 0.2) is 0 Å². The van der Waals surface area contributed by atoms with Crippen LogP contribution in [-0.4, -0.2) is 23.8 Å². The average Bonchev–Trinajstić information content (AvgIpc) is 2.74. The molecule has 0 unspecified atom stereocenters. The third-order valence-electron chi connectivity index (χ3n) is 4.32. The van der Waals surface area contributed by atoms with E-state index in [-0.39, 0.29) is 11.8 Å². The topological polar surface area (TPSA) is 62.3 Å². The number of carbonyl (C=O) groups excluding carboxylic acids is 2. The molecule has 1 aromatic heterocycles. The largest absolute Gasteiger partial charge is 0.322 e. The molecule has 0 spiro atoms. The summed E-state index contributed by atoms with van der Waals surface area (Å²) < 4.78 is 0. The van der Waals surface area contributed by atoms with Gasteiger partial charge in [-0.05, 0) is 42.3 Å². The van der Waals surface area contributed by atoms with Crippen molar-refractivity contribution in [2.45, 2.75) is 13.3 Å². The number of nitrogens with one attached hydrogen (secondary N) is 1. The van der Waals surface area contributed by atoms with Crippen LogP contribution in [0, 0.1) is 0 Å². The number of hydrogen-bond acceptors (Lipinski definition) is 3. The highest BCUT2D eigenvalue weighted by molar-refractivity contribution is 6.09. The lowest BCUT2D eigenvalue weighted by atomic mass is 10.1. The van der Waals surface area contributed by atoms with Crippen molar-refractivity contribution in [3.63, 3.8) is 0 Å². The van der Waals surface area contributed by atoms with E-state index in [1.165, 1.54) is 22.9 Å². The van der Waals surface area contributed by atoms with Gasteiger partial charge in [-0.25, -0.2) is 0 Å². The van der Waals surface area contributed by atoms with Crippen molar-refractivity contribution < 1.29 is 9.59 Å². The van der Waals surface area contributed by atoms with Crippen LogP contribution in [0.4, 0.5) is 11.4 Å². The van der Waals surface area contributed by atoms with Crippen LogP contribution in [0.25, 0.3) is 0 Å². The summed E-state index contributed by atoms with van der Waals surface area (Å²) in [6, 6.07) is 18.6. The first-order valence-electron chi connectivity index (χ1n) is 8.77. The van der Waals surface area contributed by atoms with Crippen molar-refractivity contribution in [3.05, 3.63) is 89.7 Å². The van der Waals surface area contributed by atoms with Gasteiger partial charge in [0, 0.05) is 30.8 Å². The Bertz CT molecular complexity index is 937. The van der Waals surface area contributed by atoms with Crippen LogP contribution in [-0.2, 0) is 6.42 Å². The fraction of sp³-hybridized carbons (Fsp3) is 0.136. The first kappa shape index (κ1) is 18.3. The summed E-state index contributed by atoms with van der Waals surface area (Å²) in [6.07, 6.45) is 3.86. The summed E-state index contributed by atoms with van der Waals surface area (Å²) in [5.74, 6) is -0.528. The van der Waals surface area contributed by atoms with Crippen LogP contribution in [0.3, 0.4) is 0 Å². The average molecular weight is 359 g/mol. The molecule has 0 bridgehead atoms. The number of aryl methyl sites for hydroxylation is 1. The Balaban J connectivity index is 1.76. The predicted molar refractivity (Wildman–Crippen MR) is 107 cm³/mol. The molecule has 0 radical (unpaired) electrons. The minimum Gasteiger partial charge on any atom is -0.322 e. The van der Waals surface area contributed by atoms with Gasteiger partial charge < -0.3 is 10.2 Å². The number of hydrogen-bond donors (Lipinski definition) is 1. The molecule has 27 heavy (non-hydrogen) atoms. The molecule has 5 nitrogen and oxygen atoms in total. The van der Waals surface area contributed by atoms with E-state index >= 15 is 0 Å². The molecule has 2 aromatic carbocycles. The van der Waals surface area contributed by atoms with Gasteiger partial charge in [-0.1, -0.05) is 37.3 Å². The lowest BCUT2D eigenvalue weighted by Gasteiger charge is -2.17. The van der Waals surface area contributed by atoms with Crippen LogP contribution < -0.4 is 10.2 Å². The molecule has 3 aromatic rings. The van der Waals surface area contributed by atoms with Crippen LogP contribution in [0.1, 0.15) is 33.2 Å². The van der Waals surface area contributed by atoms with Crippen molar-refractivity contribution in [2.75, 3.05) is 17.3 Å². The van der Waals surface area contributed by atoms with Gasteiger partial charge in [-0.2, -0.15) is 0 Å². The summed E-state index contributed by atoms with van der Waals surface area (Å²) >= 11 is 0. The van der Waals surface area contributed by atoms with Gasteiger partial charge in [0.2, 0.25) is 0 Å². The van der Waals surface area contributed by atoms with Crippen molar-refractivity contribution in [2.24, 2.45) is 0 Å². The molecule has 136 valence electrons.